The summed E-state index contributed by atoms with van der Waals surface area (Å²) >= 11 is 1.89. The number of thiophene rings is 1. The Labute approximate surface area is 275 Å². The van der Waals surface area contributed by atoms with Crippen LogP contribution >= 0.6 is 11.3 Å². The zero-order valence-corrected chi connectivity index (χ0v) is 26.2. The minimum Gasteiger partial charge on any atom is -0.455 e. The van der Waals surface area contributed by atoms with Gasteiger partial charge in [0.05, 0.1) is 16.1 Å². The number of anilines is 3. The van der Waals surface area contributed by atoms with Gasteiger partial charge < -0.3 is 9.32 Å². The van der Waals surface area contributed by atoms with Crippen molar-refractivity contribution in [2.75, 3.05) is 4.90 Å². The SMILES string of the molecule is c1ccc(N(c2cccc3ccccc23)c2cccc3c2sc2c4ccccc4c(-c4cccc5c4oc4ccccc45)cc32)cc1. The maximum Gasteiger partial charge on any atom is 0.143 e. The van der Waals surface area contributed by atoms with Gasteiger partial charge in [0.2, 0.25) is 0 Å². The first kappa shape index (κ1) is 26.3. The van der Waals surface area contributed by atoms with Crippen molar-refractivity contribution >= 4 is 92.1 Å². The van der Waals surface area contributed by atoms with Crippen molar-refractivity contribution in [3.8, 4) is 11.1 Å². The highest BCUT2D eigenvalue weighted by Gasteiger charge is 2.22. The Balaban J connectivity index is 1.28. The summed E-state index contributed by atoms with van der Waals surface area (Å²) in [6.07, 6.45) is 0. The van der Waals surface area contributed by atoms with Crippen LogP contribution in [0.25, 0.3) is 74.8 Å². The molecule has 10 rings (SSSR count). The van der Waals surface area contributed by atoms with E-state index in [1.54, 1.807) is 0 Å². The van der Waals surface area contributed by atoms with Crippen molar-refractivity contribution in [2.45, 2.75) is 0 Å². The fourth-order valence-electron chi connectivity index (χ4n) is 7.35. The second-order valence-electron chi connectivity index (χ2n) is 12.1. The second-order valence-corrected chi connectivity index (χ2v) is 13.1. The van der Waals surface area contributed by atoms with Gasteiger partial charge in [-0.05, 0) is 52.7 Å². The first-order valence-electron chi connectivity index (χ1n) is 15.9. The third kappa shape index (κ3) is 3.97. The van der Waals surface area contributed by atoms with Crippen LogP contribution in [0.5, 0.6) is 0 Å². The van der Waals surface area contributed by atoms with Crippen LogP contribution in [0.1, 0.15) is 0 Å². The first-order chi connectivity index (χ1) is 23.3. The molecule has 0 atom stereocenters. The van der Waals surface area contributed by atoms with Gasteiger partial charge in [0.1, 0.15) is 11.2 Å². The fraction of sp³-hybridized carbons (Fsp3) is 0. The Morgan fingerprint density at radius 1 is 0.404 bits per heavy atom. The molecule has 0 fully saturated rings. The number of hydrogen-bond donors (Lipinski definition) is 0. The number of nitrogens with zero attached hydrogens (tertiary/aromatic N) is 1. The van der Waals surface area contributed by atoms with Gasteiger partial charge in [0.25, 0.3) is 0 Å². The Morgan fingerprint density at radius 2 is 1.02 bits per heavy atom. The zero-order valence-electron chi connectivity index (χ0n) is 25.4. The minimum atomic E-state index is 0.917. The van der Waals surface area contributed by atoms with Crippen LogP contribution in [-0.2, 0) is 0 Å². The molecule has 3 heteroatoms. The summed E-state index contributed by atoms with van der Waals surface area (Å²) in [6, 6.07) is 58.8. The summed E-state index contributed by atoms with van der Waals surface area (Å²) < 4.78 is 9.12. The Bertz CT molecular complexity index is 2800. The number of benzene rings is 8. The van der Waals surface area contributed by atoms with E-state index in [0.29, 0.717) is 0 Å². The molecule has 0 spiro atoms. The fourth-order valence-corrected chi connectivity index (χ4v) is 8.67. The van der Waals surface area contributed by atoms with E-state index in [0.717, 1.165) is 33.2 Å². The predicted molar refractivity (Wildman–Crippen MR) is 202 cm³/mol. The lowest BCUT2D eigenvalue weighted by atomic mass is 9.94. The van der Waals surface area contributed by atoms with Gasteiger partial charge in [-0.2, -0.15) is 0 Å². The molecule has 220 valence electrons. The number of rotatable bonds is 4. The standard InChI is InChI=1S/C44H27NOS/c1-2-15-29(16-3-1)45(39-24-10-14-28-13-4-5-17-30(28)39)40-25-12-23-36-38-27-37(31-18-6-7-20-35(31)43(38)47-44(36)40)34-22-11-21-33-32-19-8-9-26-41(32)46-42(33)34/h1-27H. The van der Waals surface area contributed by atoms with Crippen molar-refractivity contribution in [3.05, 3.63) is 164 Å². The third-order valence-electron chi connectivity index (χ3n) is 9.44. The summed E-state index contributed by atoms with van der Waals surface area (Å²) in [5.74, 6) is 0. The van der Waals surface area contributed by atoms with E-state index >= 15 is 0 Å². The summed E-state index contributed by atoms with van der Waals surface area (Å²) in [7, 11) is 0. The average molecular weight is 618 g/mol. The van der Waals surface area contributed by atoms with Crippen LogP contribution in [-0.4, -0.2) is 0 Å². The van der Waals surface area contributed by atoms with Gasteiger partial charge >= 0.3 is 0 Å². The van der Waals surface area contributed by atoms with Crippen LogP contribution in [0.2, 0.25) is 0 Å². The molecular formula is C44H27NOS. The smallest absolute Gasteiger partial charge is 0.143 e. The molecular weight excluding hydrogens is 591 g/mol. The molecule has 0 unspecified atom stereocenters. The van der Waals surface area contributed by atoms with Gasteiger partial charge in [-0.3, -0.25) is 0 Å². The molecule has 2 aromatic heterocycles. The van der Waals surface area contributed by atoms with Gasteiger partial charge in [-0.15, -0.1) is 11.3 Å². The molecule has 2 nitrogen and oxygen atoms in total. The topological polar surface area (TPSA) is 16.4 Å². The highest BCUT2D eigenvalue weighted by Crippen LogP contribution is 2.49. The van der Waals surface area contributed by atoms with E-state index in [9.17, 15) is 0 Å². The highest BCUT2D eigenvalue weighted by molar-refractivity contribution is 7.27. The van der Waals surface area contributed by atoms with Crippen LogP contribution in [0, 0.1) is 0 Å². The summed E-state index contributed by atoms with van der Waals surface area (Å²) in [5, 5.41) is 9.76. The molecule has 0 N–H and O–H groups in total. The summed E-state index contributed by atoms with van der Waals surface area (Å²) in [5.41, 5.74) is 7.64. The van der Waals surface area contributed by atoms with Gasteiger partial charge in [0.15, 0.2) is 0 Å². The Hall–Kier alpha value is -5.90. The van der Waals surface area contributed by atoms with Gasteiger partial charge in [-0.25, -0.2) is 0 Å². The molecule has 0 saturated carbocycles. The van der Waals surface area contributed by atoms with Crippen molar-refractivity contribution in [1.82, 2.24) is 0 Å². The van der Waals surface area contributed by atoms with Crippen molar-refractivity contribution < 1.29 is 4.42 Å². The van der Waals surface area contributed by atoms with Crippen LogP contribution in [0.15, 0.2) is 168 Å². The van der Waals surface area contributed by atoms with Gasteiger partial charge in [-0.1, -0.05) is 127 Å². The second kappa shape index (κ2) is 10.3. The molecule has 0 saturated heterocycles. The summed E-state index contributed by atoms with van der Waals surface area (Å²) in [4.78, 5) is 2.43. The summed E-state index contributed by atoms with van der Waals surface area (Å²) in [6.45, 7) is 0. The zero-order chi connectivity index (χ0) is 30.9. The quantitative estimate of drug-likeness (QED) is 0.195. The Kier molecular flexibility index (Phi) is 5.78. The molecule has 2 heterocycles. The molecule has 0 bridgehead atoms. The largest absolute Gasteiger partial charge is 0.455 e. The van der Waals surface area contributed by atoms with Crippen molar-refractivity contribution in [2.24, 2.45) is 0 Å². The number of furan rings is 1. The lowest BCUT2D eigenvalue weighted by Gasteiger charge is -2.27. The van der Waals surface area contributed by atoms with E-state index in [1.165, 1.54) is 58.7 Å². The van der Waals surface area contributed by atoms with Crippen LogP contribution < -0.4 is 4.90 Å². The minimum absolute atomic E-state index is 0.917. The third-order valence-corrected chi connectivity index (χ3v) is 10.7. The maximum absolute atomic E-state index is 6.55. The molecule has 0 aliphatic rings. The van der Waals surface area contributed by atoms with E-state index < -0.39 is 0 Å². The number of para-hydroxylation sites is 3. The molecule has 0 aliphatic heterocycles. The maximum atomic E-state index is 6.55. The number of hydrogen-bond acceptors (Lipinski definition) is 3. The van der Waals surface area contributed by atoms with E-state index in [4.69, 9.17) is 4.42 Å². The molecule has 10 aromatic rings. The lowest BCUT2D eigenvalue weighted by Crippen LogP contribution is -2.10. The molecule has 47 heavy (non-hydrogen) atoms. The van der Waals surface area contributed by atoms with Crippen LogP contribution in [0.3, 0.4) is 0 Å². The molecule has 0 radical (unpaired) electrons. The lowest BCUT2D eigenvalue weighted by molar-refractivity contribution is 0.670. The van der Waals surface area contributed by atoms with E-state index in [-0.39, 0.29) is 0 Å². The van der Waals surface area contributed by atoms with E-state index in [1.807, 2.05) is 17.4 Å². The van der Waals surface area contributed by atoms with Crippen LogP contribution in [0.4, 0.5) is 17.1 Å². The average Bonchev–Trinajstić information content (AvgIpc) is 3.71. The van der Waals surface area contributed by atoms with Gasteiger partial charge in [0, 0.05) is 48.3 Å². The Morgan fingerprint density at radius 3 is 1.91 bits per heavy atom. The van der Waals surface area contributed by atoms with E-state index in [2.05, 4.69) is 163 Å². The van der Waals surface area contributed by atoms with Crippen molar-refractivity contribution in [1.29, 1.82) is 0 Å². The molecule has 0 aliphatic carbocycles. The highest BCUT2D eigenvalue weighted by atomic mass is 32.1. The first-order valence-corrected chi connectivity index (χ1v) is 16.8. The number of fused-ring (bicyclic) bond motifs is 9. The monoisotopic (exact) mass is 617 g/mol. The molecule has 0 amide bonds. The normalized spacial score (nSPS) is 11.8. The predicted octanol–water partition coefficient (Wildman–Crippen LogP) is 13.4. The van der Waals surface area contributed by atoms with Crippen molar-refractivity contribution in [3.63, 3.8) is 0 Å². The molecule has 8 aromatic carbocycles.